The molecule has 0 aliphatic heterocycles. The van der Waals surface area contributed by atoms with Crippen molar-refractivity contribution in [2.45, 2.75) is 102 Å². The van der Waals surface area contributed by atoms with Crippen LogP contribution in [0.25, 0.3) is 0 Å². The average Bonchev–Trinajstić information content (AvgIpc) is 2.93. The topological polar surface area (TPSA) is 166 Å². The largest absolute Gasteiger partial charge is 0.463 e. The third kappa shape index (κ3) is 15.5. The molecule has 0 radical (unpaired) electrons. The van der Waals surface area contributed by atoms with Crippen LogP contribution in [0.2, 0.25) is 0 Å². The number of esters is 1. The van der Waals surface area contributed by atoms with Gasteiger partial charge < -0.3 is 31.2 Å². The number of methoxy groups -OCH3 is 1. The van der Waals surface area contributed by atoms with Gasteiger partial charge in [-0.2, -0.15) is 3.89 Å². The van der Waals surface area contributed by atoms with Gasteiger partial charge in [-0.15, -0.1) is 0 Å². The van der Waals surface area contributed by atoms with Gasteiger partial charge in [-0.1, -0.05) is 23.8 Å². The number of nitrogens with one attached hydrogen (secondary N) is 3. The van der Waals surface area contributed by atoms with Crippen molar-refractivity contribution in [2.24, 2.45) is 5.73 Å². The fourth-order valence-electron chi connectivity index (χ4n) is 3.68. The number of ether oxygens (including phenoxy) is 2. The van der Waals surface area contributed by atoms with Crippen LogP contribution in [-0.2, 0) is 23.9 Å². The highest BCUT2D eigenvalue weighted by molar-refractivity contribution is 8.31. The first kappa shape index (κ1) is 42.9. The van der Waals surface area contributed by atoms with E-state index in [-0.39, 0.29) is 25.1 Å². The maximum atomic E-state index is 15.9. The molecule has 3 amide bonds. The van der Waals surface area contributed by atoms with Crippen molar-refractivity contribution in [3.63, 3.8) is 0 Å². The first-order valence-corrected chi connectivity index (χ1v) is 15.9. The first-order valence-electron chi connectivity index (χ1n) is 14.4. The second-order valence-corrected chi connectivity index (χ2v) is 16.5. The Morgan fingerprint density at radius 1 is 0.886 bits per heavy atom. The maximum Gasteiger partial charge on any atom is 0.407 e. The van der Waals surface area contributed by atoms with Crippen molar-refractivity contribution in [2.75, 3.05) is 33.8 Å². The molecular weight excluding hydrogens is 591 g/mol. The van der Waals surface area contributed by atoms with Crippen molar-refractivity contribution in [1.29, 1.82) is 0 Å². The van der Waals surface area contributed by atoms with Crippen LogP contribution in [0.15, 0.2) is 29.2 Å². The maximum absolute atomic E-state index is 15.9. The highest BCUT2D eigenvalue weighted by Gasteiger charge is 2.48. The van der Waals surface area contributed by atoms with E-state index >= 15 is 3.89 Å². The molecule has 0 spiro atoms. The normalized spacial score (nSPS) is 11.8. The zero-order chi connectivity index (χ0) is 34.9. The molecule has 0 fully saturated rings. The van der Waals surface area contributed by atoms with Crippen molar-refractivity contribution in [3.8, 4) is 0 Å². The molecule has 0 unspecified atom stereocenters. The Labute approximate surface area is 264 Å². The van der Waals surface area contributed by atoms with E-state index in [1.165, 1.54) is 0 Å². The monoisotopic (exact) mass is 646 g/mol. The molecule has 0 aliphatic rings. The van der Waals surface area contributed by atoms with E-state index in [1.807, 2.05) is 62.3 Å². The number of rotatable bonds is 9. The molecule has 5 N–H and O–H groups in total. The van der Waals surface area contributed by atoms with Gasteiger partial charge in [-0.25, -0.2) is 9.59 Å². The van der Waals surface area contributed by atoms with Crippen LogP contribution in [0.5, 0.6) is 0 Å². The third-order valence-corrected chi connectivity index (χ3v) is 9.90. The number of hydrogen-bond acceptors (Lipinski definition) is 8. The van der Waals surface area contributed by atoms with Crippen LogP contribution in [0.3, 0.4) is 0 Å². The van der Waals surface area contributed by atoms with Gasteiger partial charge in [0.05, 0.1) is 20.2 Å². The summed E-state index contributed by atoms with van der Waals surface area (Å²) in [5.74, 6) is -2.43. The van der Waals surface area contributed by atoms with Gasteiger partial charge in [-0.3, -0.25) is 14.4 Å². The summed E-state index contributed by atoms with van der Waals surface area (Å²) in [6.07, 6.45) is 1.76. The lowest BCUT2D eigenvalue weighted by molar-refractivity contribution is -0.151. The summed E-state index contributed by atoms with van der Waals surface area (Å²) in [6, 6.07) is 6.92. The Bertz CT molecular complexity index is 1060. The van der Waals surface area contributed by atoms with E-state index in [2.05, 4.69) is 27.6 Å². The molecule has 254 valence electrons. The van der Waals surface area contributed by atoms with E-state index in [0.717, 1.165) is 20.0 Å². The minimum absolute atomic E-state index is 0.150. The average molecular weight is 647 g/mol. The van der Waals surface area contributed by atoms with Gasteiger partial charge in [0.25, 0.3) is 11.7 Å². The van der Waals surface area contributed by atoms with E-state index in [0.29, 0.717) is 17.0 Å². The number of Topliss-reactive ketones (excluding diaryl/α,β-unsaturated/α-hetero) is 1. The highest BCUT2D eigenvalue weighted by atomic mass is 32.3. The number of alkyl carbamates (subject to hydrolysis) is 1. The Morgan fingerprint density at radius 3 is 1.75 bits per heavy atom. The minimum atomic E-state index is -2.53. The Morgan fingerprint density at radius 2 is 1.39 bits per heavy atom. The summed E-state index contributed by atoms with van der Waals surface area (Å²) >= 11 is 0. The lowest BCUT2D eigenvalue weighted by atomic mass is 10.2. The van der Waals surface area contributed by atoms with Gasteiger partial charge in [0.2, 0.25) is 5.91 Å². The van der Waals surface area contributed by atoms with Crippen molar-refractivity contribution in [1.82, 2.24) is 16.0 Å². The fourth-order valence-corrected chi connectivity index (χ4v) is 7.44. The molecule has 1 aromatic rings. The molecular formula is C31H55FN4O7S. The quantitative estimate of drug-likeness (QED) is 0.169. The highest BCUT2D eigenvalue weighted by Crippen LogP contribution is 2.73. The van der Waals surface area contributed by atoms with Gasteiger partial charge in [-0.05, 0) is 93.0 Å². The molecule has 13 heteroatoms. The minimum Gasteiger partial charge on any atom is -0.463 e. The summed E-state index contributed by atoms with van der Waals surface area (Å²) in [5, 5.41) is 7.39. The van der Waals surface area contributed by atoms with E-state index in [9.17, 15) is 24.0 Å². The van der Waals surface area contributed by atoms with Gasteiger partial charge >= 0.3 is 12.1 Å². The van der Waals surface area contributed by atoms with E-state index in [1.54, 1.807) is 31.3 Å². The predicted molar refractivity (Wildman–Crippen MR) is 175 cm³/mol. The molecule has 0 atom stereocenters. The number of amides is 3. The molecule has 0 aromatic heterocycles. The number of nitrogens with two attached hydrogens (primary N) is 1. The number of carbonyl (C=O) groups is 5. The molecule has 1 rings (SSSR count). The van der Waals surface area contributed by atoms with Gasteiger partial charge in [0.15, 0.2) is 0 Å². The second-order valence-electron chi connectivity index (χ2n) is 12.5. The number of unbranched alkanes of at least 4 members (excludes halogenated alkanes) is 1. The summed E-state index contributed by atoms with van der Waals surface area (Å²) in [7, 11) is 0.146. The molecule has 0 saturated heterocycles. The zero-order valence-corrected chi connectivity index (χ0v) is 29.4. The lowest BCUT2D eigenvalue weighted by Gasteiger charge is -2.52. The zero-order valence-electron chi connectivity index (χ0n) is 28.6. The molecule has 0 aliphatic carbocycles. The number of halogens is 1. The first-order chi connectivity index (χ1) is 20.0. The van der Waals surface area contributed by atoms with Crippen LogP contribution in [-0.4, -0.2) is 78.5 Å². The van der Waals surface area contributed by atoms with E-state index in [4.69, 9.17) is 10.5 Å². The molecule has 0 heterocycles. The number of ketones is 1. The molecule has 1 aromatic carbocycles. The predicted octanol–water partition coefficient (Wildman–Crippen LogP) is 4.81. The summed E-state index contributed by atoms with van der Waals surface area (Å²) < 4.78 is 24.2. The Balaban J connectivity index is 0. The second kappa shape index (κ2) is 19.3. The third-order valence-electron chi connectivity index (χ3n) is 5.60. The van der Waals surface area contributed by atoms with Crippen molar-refractivity contribution < 1.29 is 37.3 Å². The summed E-state index contributed by atoms with van der Waals surface area (Å²) in [4.78, 5) is 54.9. The van der Waals surface area contributed by atoms with Crippen LogP contribution >= 0.6 is 10.4 Å². The summed E-state index contributed by atoms with van der Waals surface area (Å²) in [5.41, 5.74) is 5.09. The lowest BCUT2D eigenvalue weighted by Crippen LogP contribution is -2.37. The molecule has 0 saturated carbocycles. The van der Waals surface area contributed by atoms with Crippen molar-refractivity contribution in [3.05, 3.63) is 29.8 Å². The van der Waals surface area contributed by atoms with Crippen molar-refractivity contribution >= 4 is 40.1 Å². The van der Waals surface area contributed by atoms with E-state index < -0.39 is 43.2 Å². The Kier molecular flexibility index (Phi) is 18.8. The SMILES string of the molecule is CCCCNC(=O)OC(C)(C)C.CNC(=O)c1ccc(S(F)(C(C)(C)C)C(C)(C)C)cc1.COC(=O)C(=O)CNC(=O)CN. The van der Waals surface area contributed by atoms with Gasteiger partial charge in [0.1, 0.15) is 5.60 Å². The smallest absolute Gasteiger partial charge is 0.407 e. The number of hydrogen-bond donors (Lipinski definition) is 4. The fraction of sp³-hybridized carbons (Fsp3) is 0.645. The molecule has 44 heavy (non-hydrogen) atoms. The number of carbonyl (C=O) groups excluding carboxylic acids is 5. The van der Waals surface area contributed by atoms with Crippen LogP contribution in [0.1, 0.15) is 92.4 Å². The summed E-state index contributed by atoms with van der Waals surface area (Å²) in [6.45, 7) is 19.4. The van der Waals surface area contributed by atoms with Gasteiger partial charge in [0, 0.05) is 33.5 Å². The number of benzene rings is 1. The molecule has 0 bridgehead atoms. The molecule has 11 nitrogen and oxygen atoms in total. The Hall–Kier alpha value is -3.19. The standard InChI is InChI=1S/C16H26FNOS.C9H19NO2.C6H10N2O4/c1-15(2,3)20(17,16(4,5)6)13-10-8-12(9-11-13)14(19)18-7;1-5-6-7-10-8(11)12-9(2,3)4;1-12-6(11)4(9)3-8-5(10)2-7/h8-11H,1-7H3,(H,18,19);5-7H2,1-4H3,(H,10,11);2-3,7H2,1H3,(H,8,10). The van der Waals surface area contributed by atoms with Crippen LogP contribution < -0.4 is 21.7 Å². The van der Waals surface area contributed by atoms with Crippen LogP contribution in [0.4, 0.5) is 8.68 Å². The van der Waals surface area contributed by atoms with Crippen LogP contribution in [0, 0.1) is 0 Å².